The van der Waals surface area contributed by atoms with E-state index in [2.05, 4.69) is 4.99 Å². The number of hydrogen-bond donors (Lipinski definition) is 2. The Morgan fingerprint density at radius 1 is 1.00 bits per heavy atom. The van der Waals surface area contributed by atoms with Crippen LogP contribution < -0.4 is 0 Å². The summed E-state index contributed by atoms with van der Waals surface area (Å²) in [5.74, 6) is 0. The maximum absolute atomic E-state index is 12.8. The number of fused-ring (bicyclic) bond motifs is 3. The van der Waals surface area contributed by atoms with Crippen LogP contribution >= 0.6 is 0 Å². The summed E-state index contributed by atoms with van der Waals surface area (Å²) >= 11 is 0. The third-order valence-corrected chi connectivity index (χ3v) is 5.83. The Morgan fingerprint density at radius 2 is 1.73 bits per heavy atom. The van der Waals surface area contributed by atoms with Gasteiger partial charge in [-0.2, -0.15) is 9.30 Å². The Labute approximate surface area is 149 Å². The maximum Gasteiger partial charge on any atom is 0.243 e. The minimum absolute atomic E-state index is 0.0320. The molecule has 0 saturated carbocycles. The van der Waals surface area contributed by atoms with Gasteiger partial charge in [0.05, 0.1) is 23.8 Å². The number of benzene rings is 2. The fourth-order valence-electron chi connectivity index (χ4n) is 2.75. The van der Waals surface area contributed by atoms with Gasteiger partial charge in [0, 0.05) is 29.9 Å². The molecule has 0 unspecified atom stereocenters. The standard InChI is InChI=1S/C17H16N2O6S/c20-7-5-19(6-8-21)26(23,24)13-2-4-16-15(10-13)14-3-1-12(18-11-22)9-17(14)25-16/h1-4,9-10,20-21H,5-8H2. The van der Waals surface area contributed by atoms with Crippen LogP contribution in [0.4, 0.5) is 5.69 Å². The quantitative estimate of drug-likeness (QED) is 0.476. The van der Waals surface area contributed by atoms with Crippen LogP contribution in [-0.4, -0.2) is 55.3 Å². The molecule has 0 spiro atoms. The molecular weight excluding hydrogens is 360 g/mol. The Kier molecular flexibility index (Phi) is 5.17. The van der Waals surface area contributed by atoms with Crippen LogP contribution in [0.25, 0.3) is 21.9 Å². The van der Waals surface area contributed by atoms with Gasteiger partial charge in [-0.1, -0.05) is 0 Å². The van der Waals surface area contributed by atoms with Crippen molar-refractivity contribution in [1.29, 1.82) is 0 Å². The number of nitrogens with zero attached hydrogens (tertiary/aromatic N) is 2. The fourth-order valence-corrected chi connectivity index (χ4v) is 4.20. The van der Waals surface area contributed by atoms with Crippen molar-refractivity contribution in [3.05, 3.63) is 36.4 Å². The number of rotatable bonds is 7. The summed E-state index contributed by atoms with van der Waals surface area (Å²) < 4.78 is 32.2. The lowest BCUT2D eigenvalue weighted by Crippen LogP contribution is -2.35. The van der Waals surface area contributed by atoms with Crippen molar-refractivity contribution in [2.24, 2.45) is 4.99 Å². The molecule has 9 heteroatoms. The number of carbonyl (C=O) groups excluding carboxylic acids is 1. The van der Waals surface area contributed by atoms with E-state index in [1.54, 1.807) is 24.3 Å². The van der Waals surface area contributed by atoms with Gasteiger partial charge in [0.25, 0.3) is 0 Å². The highest BCUT2D eigenvalue weighted by Crippen LogP contribution is 2.33. The molecular formula is C17H16N2O6S. The zero-order valence-electron chi connectivity index (χ0n) is 13.6. The Balaban J connectivity index is 2.13. The van der Waals surface area contributed by atoms with E-state index in [0.717, 1.165) is 4.31 Å². The molecule has 26 heavy (non-hydrogen) atoms. The molecule has 3 aromatic rings. The van der Waals surface area contributed by atoms with Crippen molar-refractivity contribution in [2.75, 3.05) is 26.3 Å². The van der Waals surface area contributed by atoms with E-state index >= 15 is 0 Å². The van der Waals surface area contributed by atoms with Crippen LogP contribution in [0.1, 0.15) is 0 Å². The van der Waals surface area contributed by atoms with Crippen LogP contribution in [0.15, 0.2) is 50.7 Å². The van der Waals surface area contributed by atoms with E-state index in [-0.39, 0.29) is 31.2 Å². The summed E-state index contributed by atoms with van der Waals surface area (Å²) in [5.41, 5.74) is 1.34. The first-order chi connectivity index (χ1) is 12.5. The highest BCUT2D eigenvalue weighted by molar-refractivity contribution is 7.89. The van der Waals surface area contributed by atoms with Gasteiger partial charge in [-0.15, -0.1) is 0 Å². The van der Waals surface area contributed by atoms with E-state index in [4.69, 9.17) is 14.6 Å². The van der Waals surface area contributed by atoms with Gasteiger partial charge >= 0.3 is 0 Å². The topological polar surface area (TPSA) is 120 Å². The van der Waals surface area contributed by atoms with Crippen molar-refractivity contribution in [3.8, 4) is 0 Å². The molecule has 0 amide bonds. The van der Waals surface area contributed by atoms with E-state index < -0.39 is 10.0 Å². The van der Waals surface area contributed by atoms with Crippen LogP contribution in [0, 0.1) is 0 Å². The van der Waals surface area contributed by atoms with Crippen molar-refractivity contribution in [3.63, 3.8) is 0 Å². The maximum atomic E-state index is 12.8. The lowest BCUT2D eigenvalue weighted by Gasteiger charge is -2.20. The van der Waals surface area contributed by atoms with Gasteiger partial charge in [0.1, 0.15) is 11.2 Å². The fraction of sp³-hybridized carbons (Fsp3) is 0.235. The normalized spacial score (nSPS) is 12.0. The van der Waals surface area contributed by atoms with Crippen LogP contribution in [-0.2, 0) is 14.8 Å². The zero-order chi connectivity index (χ0) is 18.7. The molecule has 0 aliphatic carbocycles. The Hall–Kier alpha value is -2.55. The molecule has 2 aromatic carbocycles. The predicted octanol–water partition coefficient (Wildman–Crippen LogP) is 1.53. The Morgan fingerprint density at radius 3 is 2.38 bits per heavy atom. The predicted molar refractivity (Wildman–Crippen MR) is 94.4 cm³/mol. The molecule has 2 N–H and O–H groups in total. The van der Waals surface area contributed by atoms with Gasteiger partial charge in [-0.25, -0.2) is 13.2 Å². The summed E-state index contributed by atoms with van der Waals surface area (Å²) in [6.45, 7) is -0.924. The largest absolute Gasteiger partial charge is 0.456 e. The first-order valence-corrected chi connectivity index (χ1v) is 9.21. The van der Waals surface area contributed by atoms with Gasteiger partial charge < -0.3 is 14.6 Å². The molecule has 0 aliphatic rings. The highest BCUT2D eigenvalue weighted by Gasteiger charge is 2.24. The summed E-state index contributed by atoms with van der Waals surface area (Å²) in [7, 11) is -3.88. The number of isocyanates is 1. The van der Waals surface area contributed by atoms with E-state index in [0.29, 0.717) is 27.6 Å². The molecule has 0 aliphatic heterocycles. The monoisotopic (exact) mass is 376 g/mol. The lowest BCUT2D eigenvalue weighted by molar-refractivity contribution is 0.217. The van der Waals surface area contributed by atoms with Gasteiger partial charge in [0.2, 0.25) is 16.1 Å². The number of furan rings is 1. The Bertz CT molecular complexity index is 1090. The van der Waals surface area contributed by atoms with Crippen LogP contribution in [0.2, 0.25) is 0 Å². The molecule has 0 fully saturated rings. The first kappa shape index (κ1) is 18.2. The van der Waals surface area contributed by atoms with Crippen molar-refractivity contribution in [2.45, 2.75) is 4.90 Å². The number of sulfonamides is 1. The molecule has 1 aromatic heterocycles. The average Bonchev–Trinajstić information content (AvgIpc) is 2.98. The van der Waals surface area contributed by atoms with Gasteiger partial charge in [-0.05, 0) is 30.3 Å². The molecule has 1 heterocycles. The van der Waals surface area contributed by atoms with Gasteiger partial charge in [0.15, 0.2) is 0 Å². The van der Waals surface area contributed by atoms with E-state index in [1.165, 1.54) is 18.2 Å². The van der Waals surface area contributed by atoms with Crippen molar-refractivity contribution in [1.82, 2.24) is 4.31 Å². The minimum Gasteiger partial charge on any atom is -0.456 e. The molecule has 136 valence electrons. The van der Waals surface area contributed by atoms with E-state index in [1.807, 2.05) is 0 Å². The summed E-state index contributed by atoms with van der Waals surface area (Å²) in [6, 6.07) is 9.30. The second-order valence-electron chi connectivity index (χ2n) is 5.49. The van der Waals surface area contributed by atoms with Crippen molar-refractivity contribution >= 4 is 43.7 Å². The smallest absolute Gasteiger partial charge is 0.243 e. The van der Waals surface area contributed by atoms with Crippen molar-refractivity contribution < 1.29 is 27.8 Å². The number of hydrogen-bond acceptors (Lipinski definition) is 7. The zero-order valence-corrected chi connectivity index (χ0v) is 14.4. The SMILES string of the molecule is O=C=Nc1ccc2c(c1)oc1ccc(S(=O)(=O)N(CCO)CCO)cc12. The summed E-state index contributed by atoms with van der Waals surface area (Å²) in [4.78, 5) is 13.9. The first-order valence-electron chi connectivity index (χ1n) is 7.77. The third-order valence-electron chi connectivity index (χ3n) is 3.94. The average molecular weight is 376 g/mol. The van der Waals surface area contributed by atoms with Gasteiger partial charge in [-0.3, -0.25) is 0 Å². The van der Waals surface area contributed by atoms with E-state index in [9.17, 15) is 13.2 Å². The molecule has 0 atom stereocenters. The number of aliphatic hydroxyl groups excluding tert-OH is 2. The number of aliphatic hydroxyl groups is 2. The molecule has 0 bridgehead atoms. The summed E-state index contributed by atoms with van der Waals surface area (Å²) in [5, 5.41) is 19.4. The third kappa shape index (κ3) is 3.26. The molecule has 8 nitrogen and oxygen atoms in total. The highest BCUT2D eigenvalue weighted by atomic mass is 32.2. The summed E-state index contributed by atoms with van der Waals surface area (Å²) in [6.07, 6.45) is 1.46. The molecule has 0 radical (unpaired) electrons. The molecule has 3 rings (SSSR count). The number of aliphatic imine (C=N–C) groups is 1. The second-order valence-corrected chi connectivity index (χ2v) is 7.43. The second kappa shape index (κ2) is 7.36. The van der Waals surface area contributed by atoms with Crippen LogP contribution in [0.5, 0.6) is 0 Å². The molecule has 0 saturated heterocycles. The lowest BCUT2D eigenvalue weighted by atomic mass is 10.1. The van der Waals surface area contributed by atoms with Crippen LogP contribution in [0.3, 0.4) is 0 Å². The minimum atomic E-state index is -3.88.